The standard InChI is InChI=1S/C32H66B3N/c1-5-30(2,33-31(3)25-19-12-8-6-7-9-13-20-26-31)24-18-16-11-17-23-29-36-35-34-32(4)27-21-14-10-15-22-28-32/h33-36H,5-29H2,1-4H3. The second-order valence-corrected chi connectivity index (χ2v) is 14.6. The lowest BCUT2D eigenvalue weighted by Crippen LogP contribution is -2.33. The maximum Gasteiger partial charge on any atom is 0.162 e. The van der Waals surface area contributed by atoms with E-state index in [2.05, 4.69) is 32.9 Å². The summed E-state index contributed by atoms with van der Waals surface area (Å²) in [6.07, 6.45) is 35.0. The molecule has 1 atom stereocenters. The Balaban J connectivity index is 1.56. The van der Waals surface area contributed by atoms with Crippen molar-refractivity contribution in [2.24, 2.45) is 0 Å². The summed E-state index contributed by atoms with van der Waals surface area (Å²) in [5.41, 5.74) is 0. The van der Waals surface area contributed by atoms with Crippen LogP contribution in [0.1, 0.15) is 182 Å². The van der Waals surface area contributed by atoms with Gasteiger partial charge in [0.15, 0.2) is 7.31 Å². The van der Waals surface area contributed by atoms with Crippen LogP contribution in [-0.4, -0.2) is 28.3 Å². The first-order valence-corrected chi connectivity index (χ1v) is 17.1. The molecule has 0 radical (unpaired) electrons. The van der Waals surface area contributed by atoms with Gasteiger partial charge >= 0.3 is 0 Å². The molecule has 2 aliphatic rings. The van der Waals surface area contributed by atoms with Crippen LogP contribution in [0.2, 0.25) is 15.9 Å². The molecule has 0 saturated heterocycles. The van der Waals surface area contributed by atoms with Crippen LogP contribution in [0.25, 0.3) is 0 Å². The first-order chi connectivity index (χ1) is 17.4. The third-order valence-corrected chi connectivity index (χ3v) is 10.6. The molecule has 208 valence electrons. The maximum atomic E-state index is 3.79. The minimum absolute atomic E-state index is 0.559. The van der Waals surface area contributed by atoms with Gasteiger partial charge in [-0.25, -0.2) is 0 Å². The molecular formula is C32H66B3N. The third kappa shape index (κ3) is 14.3. The van der Waals surface area contributed by atoms with Crippen LogP contribution >= 0.6 is 0 Å². The van der Waals surface area contributed by atoms with Gasteiger partial charge < -0.3 is 5.23 Å². The first-order valence-electron chi connectivity index (χ1n) is 17.1. The highest BCUT2D eigenvalue weighted by Gasteiger charge is 2.35. The molecule has 2 saturated carbocycles. The van der Waals surface area contributed by atoms with E-state index in [0.717, 1.165) is 0 Å². The van der Waals surface area contributed by atoms with Gasteiger partial charge in [-0.15, -0.1) is 0 Å². The van der Waals surface area contributed by atoms with E-state index in [9.17, 15) is 0 Å². The number of unbranched alkanes of at least 4 members (excludes halogenated alkanes) is 4. The van der Waals surface area contributed by atoms with E-state index in [-0.39, 0.29) is 0 Å². The molecule has 36 heavy (non-hydrogen) atoms. The Hall–Kier alpha value is 0.155. The van der Waals surface area contributed by atoms with Gasteiger partial charge in [-0.05, 0) is 13.0 Å². The van der Waals surface area contributed by atoms with Crippen molar-refractivity contribution in [1.29, 1.82) is 0 Å². The zero-order valence-corrected chi connectivity index (χ0v) is 25.8. The molecule has 1 N–H and O–H groups in total. The van der Waals surface area contributed by atoms with Crippen LogP contribution in [0.15, 0.2) is 0 Å². The molecule has 0 aromatic heterocycles. The summed E-state index contributed by atoms with van der Waals surface area (Å²) in [6.45, 7) is 11.6. The zero-order valence-electron chi connectivity index (χ0n) is 25.8. The average molecular weight is 497 g/mol. The van der Waals surface area contributed by atoms with Crippen molar-refractivity contribution >= 4 is 21.8 Å². The Bertz CT molecular complexity index is 519. The van der Waals surface area contributed by atoms with Crippen molar-refractivity contribution in [3.05, 3.63) is 0 Å². The van der Waals surface area contributed by atoms with Crippen LogP contribution in [0.5, 0.6) is 0 Å². The lowest BCUT2D eigenvalue weighted by molar-refractivity contribution is 0.419. The van der Waals surface area contributed by atoms with Crippen LogP contribution in [0.4, 0.5) is 0 Å². The largest absolute Gasteiger partial charge is 0.366 e. The minimum Gasteiger partial charge on any atom is -0.366 e. The van der Waals surface area contributed by atoms with Crippen LogP contribution < -0.4 is 5.23 Å². The van der Waals surface area contributed by atoms with Crippen LogP contribution in [0, 0.1) is 0 Å². The number of hydrogen-bond acceptors (Lipinski definition) is 1. The molecule has 0 spiro atoms. The smallest absolute Gasteiger partial charge is 0.162 e. The van der Waals surface area contributed by atoms with E-state index < -0.39 is 0 Å². The second-order valence-electron chi connectivity index (χ2n) is 14.6. The molecule has 2 rings (SSSR count). The van der Waals surface area contributed by atoms with E-state index in [1.807, 2.05) is 0 Å². The Morgan fingerprint density at radius 1 is 0.611 bits per heavy atom. The summed E-state index contributed by atoms with van der Waals surface area (Å²) in [5.74, 6) is 0. The molecule has 2 fully saturated rings. The predicted octanol–water partition coefficient (Wildman–Crippen LogP) is 9.66. The molecular weight excluding hydrogens is 431 g/mol. The normalized spacial score (nSPS) is 23.3. The van der Waals surface area contributed by atoms with E-state index >= 15 is 0 Å². The third-order valence-electron chi connectivity index (χ3n) is 10.6. The summed E-state index contributed by atoms with van der Waals surface area (Å²) < 4.78 is 0. The topological polar surface area (TPSA) is 12.0 Å². The predicted molar refractivity (Wildman–Crippen MR) is 171 cm³/mol. The quantitative estimate of drug-likeness (QED) is 0.186. The van der Waals surface area contributed by atoms with Gasteiger partial charge in [0.25, 0.3) is 0 Å². The van der Waals surface area contributed by atoms with Crippen molar-refractivity contribution < 1.29 is 0 Å². The van der Waals surface area contributed by atoms with E-state index in [0.29, 0.717) is 15.9 Å². The highest BCUT2D eigenvalue weighted by Crippen LogP contribution is 2.48. The van der Waals surface area contributed by atoms with Crippen molar-refractivity contribution in [2.75, 3.05) is 6.54 Å². The molecule has 1 nitrogen and oxygen atoms in total. The molecule has 0 aromatic rings. The fourth-order valence-corrected chi connectivity index (χ4v) is 7.74. The Labute approximate surface area is 231 Å². The summed E-state index contributed by atoms with van der Waals surface area (Å²) in [5, 5.41) is 5.56. The molecule has 0 aliphatic heterocycles. The molecule has 0 amide bonds. The summed E-state index contributed by atoms with van der Waals surface area (Å²) in [7, 11) is 4.10. The number of nitrogens with one attached hydrogen (secondary N) is 1. The van der Waals surface area contributed by atoms with Crippen molar-refractivity contribution in [3.63, 3.8) is 0 Å². The Morgan fingerprint density at radius 3 is 1.58 bits per heavy atom. The maximum absolute atomic E-state index is 3.79. The average Bonchev–Trinajstić information content (AvgIpc) is 2.88. The van der Waals surface area contributed by atoms with Crippen molar-refractivity contribution in [1.82, 2.24) is 5.23 Å². The Morgan fingerprint density at radius 2 is 1.06 bits per heavy atom. The number of rotatable bonds is 14. The van der Waals surface area contributed by atoms with Gasteiger partial charge in [0, 0.05) is 0 Å². The van der Waals surface area contributed by atoms with Gasteiger partial charge in [0.2, 0.25) is 0 Å². The van der Waals surface area contributed by atoms with Crippen LogP contribution in [0.3, 0.4) is 0 Å². The molecule has 1 unspecified atom stereocenters. The van der Waals surface area contributed by atoms with Crippen molar-refractivity contribution in [3.8, 4) is 0 Å². The van der Waals surface area contributed by atoms with E-state index in [1.54, 1.807) is 0 Å². The first kappa shape index (κ1) is 32.4. The monoisotopic (exact) mass is 498 g/mol. The van der Waals surface area contributed by atoms with E-state index in [4.69, 9.17) is 0 Å². The molecule has 0 aromatic carbocycles. The van der Waals surface area contributed by atoms with Gasteiger partial charge in [-0.1, -0.05) is 191 Å². The molecule has 2 aliphatic carbocycles. The van der Waals surface area contributed by atoms with Gasteiger partial charge in [-0.2, -0.15) is 0 Å². The van der Waals surface area contributed by atoms with E-state index in [1.165, 1.54) is 182 Å². The highest BCUT2D eigenvalue weighted by molar-refractivity contribution is 7.00. The minimum atomic E-state index is 0.559. The fourth-order valence-electron chi connectivity index (χ4n) is 7.74. The molecule has 4 heteroatoms. The van der Waals surface area contributed by atoms with Gasteiger partial charge in [0.1, 0.15) is 14.4 Å². The Kier molecular flexibility index (Phi) is 16.6. The van der Waals surface area contributed by atoms with Gasteiger partial charge in [-0.3, -0.25) is 0 Å². The SMILES string of the molecule is CCC(C)(BC1(C)CCCCCCCCCC1)CCCCCCCNBBC1(C)CCCCCCC1. The summed E-state index contributed by atoms with van der Waals surface area (Å²) in [6, 6.07) is 0. The number of hydrogen-bond donors (Lipinski definition) is 1. The van der Waals surface area contributed by atoms with Crippen molar-refractivity contribution in [2.45, 2.75) is 198 Å². The zero-order chi connectivity index (χ0) is 26.0. The molecule has 0 bridgehead atoms. The second kappa shape index (κ2) is 18.4. The van der Waals surface area contributed by atoms with Gasteiger partial charge in [0.05, 0.1) is 0 Å². The highest BCUT2D eigenvalue weighted by atomic mass is 14.7. The lowest BCUT2D eigenvalue weighted by Gasteiger charge is -2.39. The lowest BCUT2D eigenvalue weighted by atomic mass is 9.32. The summed E-state index contributed by atoms with van der Waals surface area (Å²) in [4.78, 5) is 0. The molecule has 0 heterocycles. The fraction of sp³-hybridized carbons (Fsp3) is 1.00. The van der Waals surface area contributed by atoms with Crippen LogP contribution in [-0.2, 0) is 0 Å². The summed E-state index contributed by atoms with van der Waals surface area (Å²) >= 11 is 0.